The molecule has 0 aliphatic heterocycles. The van der Waals surface area contributed by atoms with E-state index in [0.717, 1.165) is 5.69 Å². The Labute approximate surface area is 115 Å². The van der Waals surface area contributed by atoms with Gasteiger partial charge in [-0.1, -0.05) is 30.3 Å². The van der Waals surface area contributed by atoms with Crippen LogP contribution in [0, 0.1) is 5.82 Å². The van der Waals surface area contributed by atoms with Crippen LogP contribution in [0.15, 0.2) is 54.6 Å². The maximum Gasteiger partial charge on any atom is 0.168 e. The van der Waals surface area contributed by atoms with Crippen LogP contribution in [-0.4, -0.2) is 14.8 Å². The van der Waals surface area contributed by atoms with Crippen molar-refractivity contribution >= 4 is 0 Å². The van der Waals surface area contributed by atoms with Gasteiger partial charge in [-0.2, -0.15) is 0 Å². The molecule has 2 N–H and O–H groups in total. The van der Waals surface area contributed by atoms with E-state index in [1.54, 1.807) is 12.1 Å². The van der Waals surface area contributed by atoms with Gasteiger partial charge in [-0.05, 0) is 24.3 Å². The Morgan fingerprint density at radius 2 is 1.80 bits per heavy atom. The van der Waals surface area contributed by atoms with Crippen LogP contribution >= 0.6 is 0 Å². The molecule has 0 fully saturated rings. The number of nitrogens with zero attached hydrogens (tertiary/aromatic N) is 3. The minimum absolute atomic E-state index is 0.261. The average molecular weight is 268 g/mol. The zero-order chi connectivity index (χ0) is 13.9. The Kier molecular flexibility index (Phi) is 3.26. The fourth-order valence-corrected chi connectivity index (χ4v) is 2.11. The molecule has 3 rings (SSSR count). The Morgan fingerprint density at radius 1 is 1.00 bits per heavy atom. The Balaban J connectivity index is 2.20. The lowest BCUT2D eigenvalue weighted by atomic mass is 10.2. The second-order valence-corrected chi connectivity index (χ2v) is 4.33. The highest BCUT2D eigenvalue weighted by Gasteiger charge is 2.14. The van der Waals surface area contributed by atoms with Crippen molar-refractivity contribution < 1.29 is 4.39 Å². The van der Waals surface area contributed by atoms with Crippen LogP contribution in [0.2, 0.25) is 0 Å². The van der Waals surface area contributed by atoms with Crippen LogP contribution < -0.4 is 5.73 Å². The van der Waals surface area contributed by atoms with E-state index in [9.17, 15) is 4.39 Å². The summed E-state index contributed by atoms with van der Waals surface area (Å²) in [7, 11) is 0. The molecule has 0 unspecified atom stereocenters. The molecular weight excluding hydrogens is 255 g/mol. The van der Waals surface area contributed by atoms with E-state index in [1.165, 1.54) is 12.1 Å². The zero-order valence-electron chi connectivity index (χ0n) is 10.7. The summed E-state index contributed by atoms with van der Waals surface area (Å²) in [5, 5.41) is 8.22. The first-order chi connectivity index (χ1) is 9.79. The molecule has 20 heavy (non-hydrogen) atoms. The SMILES string of the molecule is NCc1nnc(-c2cccc(F)c2)n1-c1ccccc1. The summed E-state index contributed by atoms with van der Waals surface area (Å²) in [5.74, 6) is 0.908. The predicted molar refractivity (Wildman–Crippen MR) is 74.6 cm³/mol. The summed E-state index contributed by atoms with van der Waals surface area (Å²) < 4.78 is 15.2. The Bertz CT molecular complexity index is 722. The van der Waals surface area contributed by atoms with Gasteiger partial charge in [0.05, 0.1) is 6.54 Å². The molecular formula is C15H13FN4. The van der Waals surface area contributed by atoms with Crippen molar-refractivity contribution in [3.8, 4) is 17.1 Å². The van der Waals surface area contributed by atoms with Gasteiger partial charge in [-0.15, -0.1) is 10.2 Å². The third kappa shape index (κ3) is 2.19. The first-order valence-electron chi connectivity index (χ1n) is 6.25. The maximum absolute atomic E-state index is 13.4. The fraction of sp³-hybridized carbons (Fsp3) is 0.0667. The van der Waals surface area contributed by atoms with Gasteiger partial charge in [0.15, 0.2) is 11.6 Å². The standard InChI is InChI=1S/C15H13FN4/c16-12-6-4-5-11(9-12)15-19-18-14(10-17)20(15)13-7-2-1-3-8-13/h1-9H,10,17H2. The molecule has 0 aliphatic carbocycles. The first-order valence-corrected chi connectivity index (χ1v) is 6.25. The fourth-order valence-electron chi connectivity index (χ4n) is 2.11. The van der Waals surface area contributed by atoms with Crippen molar-refractivity contribution in [3.05, 3.63) is 66.2 Å². The summed E-state index contributed by atoms with van der Waals surface area (Å²) in [5.41, 5.74) is 7.28. The number of benzene rings is 2. The lowest BCUT2D eigenvalue weighted by Crippen LogP contribution is -2.07. The number of nitrogens with two attached hydrogens (primary N) is 1. The molecule has 4 nitrogen and oxygen atoms in total. The van der Waals surface area contributed by atoms with Gasteiger partial charge < -0.3 is 5.73 Å². The number of rotatable bonds is 3. The second-order valence-electron chi connectivity index (χ2n) is 4.33. The summed E-state index contributed by atoms with van der Waals surface area (Å²) in [4.78, 5) is 0. The molecule has 3 aromatic rings. The largest absolute Gasteiger partial charge is 0.324 e. The van der Waals surface area contributed by atoms with E-state index in [4.69, 9.17) is 5.73 Å². The molecule has 1 aromatic heterocycles. The van der Waals surface area contributed by atoms with Crippen molar-refractivity contribution in [1.29, 1.82) is 0 Å². The van der Waals surface area contributed by atoms with Crippen molar-refractivity contribution in [3.63, 3.8) is 0 Å². The van der Waals surface area contributed by atoms with E-state index in [0.29, 0.717) is 17.2 Å². The van der Waals surface area contributed by atoms with E-state index in [-0.39, 0.29) is 12.4 Å². The number of aromatic nitrogens is 3. The number of halogens is 1. The molecule has 0 aliphatic rings. The second kappa shape index (κ2) is 5.22. The van der Waals surface area contributed by atoms with Gasteiger partial charge in [0.2, 0.25) is 0 Å². The molecule has 0 spiro atoms. The van der Waals surface area contributed by atoms with Crippen LogP contribution in [0.25, 0.3) is 17.1 Å². The van der Waals surface area contributed by atoms with Crippen molar-refractivity contribution in [2.24, 2.45) is 5.73 Å². The van der Waals surface area contributed by atoms with Crippen molar-refractivity contribution in [2.75, 3.05) is 0 Å². The first kappa shape index (κ1) is 12.5. The normalized spacial score (nSPS) is 10.7. The van der Waals surface area contributed by atoms with Gasteiger partial charge in [0.1, 0.15) is 5.82 Å². The van der Waals surface area contributed by atoms with E-state index in [2.05, 4.69) is 10.2 Å². The van der Waals surface area contributed by atoms with E-state index < -0.39 is 0 Å². The quantitative estimate of drug-likeness (QED) is 0.794. The Hall–Kier alpha value is -2.53. The van der Waals surface area contributed by atoms with Crippen LogP contribution in [0.3, 0.4) is 0 Å². The number of hydrogen-bond donors (Lipinski definition) is 1. The molecule has 0 saturated carbocycles. The van der Waals surface area contributed by atoms with Gasteiger partial charge in [-0.25, -0.2) is 4.39 Å². The molecule has 1 heterocycles. The number of para-hydroxylation sites is 1. The number of hydrogen-bond acceptors (Lipinski definition) is 3. The maximum atomic E-state index is 13.4. The average Bonchev–Trinajstić information content (AvgIpc) is 2.92. The lowest BCUT2D eigenvalue weighted by molar-refractivity contribution is 0.628. The van der Waals surface area contributed by atoms with Crippen LogP contribution in [0.5, 0.6) is 0 Å². The minimum Gasteiger partial charge on any atom is -0.324 e. The topological polar surface area (TPSA) is 56.7 Å². The van der Waals surface area contributed by atoms with Crippen molar-refractivity contribution in [1.82, 2.24) is 14.8 Å². The molecule has 0 bridgehead atoms. The molecule has 0 amide bonds. The lowest BCUT2D eigenvalue weighted by Gasteiger charge is -2.09. The molecule has 100 valence electrons. The molecule has 0 atom stereocenters. The summed E-state index contributed by atoms with van der Waals surface area (Å²) in [6.07, 6.45) is 0. The Morgan fingerprint density at radius 3 is 2.50 bits per heavy atom. The molecule has 0 radical (unpaired) electrons. The van der Waals surface area contributed by atoms with Crippen molar-refractivity contribution in [2.45, 2.75) is 6.54 Å². The van der Waals surface area contributed by atoms with Crippen LogP contribution in [0.1, 0.15) is 5.82 Å². The third-order valence-electron chi connectivity index (χ3n) is 3.01. The highest BCUT2D eigenvalue weighted by Crippen LogP contribution is 2.23. The summed E-state index contributed by atoms with van der Waals surface area (Å²) >= 11 is 0. The van der Waals surface area contributed by atoms with Crippen LogP contribution in [-0.2, 0) is 6.54 Å². The van der Waals surface area contributed by atoms with E-state index in [1.807, 2.05) is 34.9 Å². The smallest absolute Gasteiger partial charge is 0.168 e. The summed E-state index contributed by atoms with van der Waals surface area (Å²) in [6, 6.07) is 15.9. The molecule has 5 heteroatoms. The monoisotopic (exact) mass is 268 g/mol. The zero-order valence-corrected chi connectivity index (χ0v) is 10.7. The van der Waals surface area contributed by atoms with Gasteiger partial charge in [0.25, 0.3) is 0 Å². The van der Waals surface area contributed by atoms with Crippen LogP contribution in [0.4, 0.5) is 4.39 Å². The summed E-state index contributed by atoms with van der Waals surface area (Å²) in [6.45, 7) is 0.261. The molecule has 2 aromatic carbocycles. The predicted octanol–water partition coefficient (Wildman–Crippen LogP) is 2.53. The highest BCUT2D eigenvalue weighted by atomic mass is 19.1. The van der Waals surface area contributed by atoms with Gasteiger partial charge in [0, 0.05) is 11.3 Å². The minimum atomic E-state index is -0.306. The van der Waals surface area contributed by atoms with E-state index >= 15 is 0 Å². The highest BCUT2D eigenvalue weighted by molar-refractivity contribution is 5.58. The van der Waals surface area contributed by atoms with Gasteiger partial charge >= 0.3 is 0 Å². The molecule has 0 saturated heterocycles. The third-order valence-corrected chi connectivity index (χ3v) is 3.01. The van der Waals surface area contributed by atoms with Gasteiger partial charge in [-0.3, -0.25) is 4.57 Å².